The minimum absolute atomic E-state index is 0.184. The Kier molecular flexibility index (Phi) is 4.77. The maximum absolute atomic E-state index is 5.18. The molecule has 3 aromatic rings. The molecule has 1 aromatic heterocycles. The van der Waals surface area contributed by atoms with Crippen molar-refractivity contribution < 1.29 is 0 Å². The molecule has 32 heavy (non-hydrogen) atoms. The molecule has 0 amide bonds. The van der Waals surface area contributed by atoms with Crippen molar-refractivity contribution in [2.45, 2.75) is 19.9 Å². The maximum Gasteiger partial charge on any atom is 0.0992 e. The van der Waals surface area contributed by atoms with Gasteiger partial charge in [0.15, 0.2) is 0 Å². The summed E-state index contributed by atoms with van der Waals surface area (Å²) in [5.41, 5.74) is 14.3. The molecule has 0 aliphatic carbocycles. The lowest BCUT2D eigenvalue weighted by Crippen LogP contribution is -2.44. The predicted octanol–water partition coefficient (Wildman–Crippen LogP) is 3.84. The number of hydrogen-bond acceptors (Lipinski definition) is 5. The van der Waals surface area contributed by atoms with Crippen LogP contribution in [0.2, 0.25) is 0 Å². The minimum Gasteiger partial charge on any atom is -0.320 e. The summed E-state index contributed by atoms with van der Waals surface area (Å²) in [7, 11) is 0. The predicted molar refractivity (Wildman–Crippen MR) is 131 cm³/mol. The fourth-order valence-electron chi connectivity index (χ4n) is 5.36. The van der Waals surface area contributed by atoms with Crippen LogP contribution in [-0.4, -0.2) is 36.1 Å². The highest BCUT2D eigenvalue weighted by Crippen LogP contribution is 2.35. The Bertz CT molecular complexity index is 1220. The molecular formula is C26H30N6. The second kappa shape index (κ2) is 7.80. The van der Waals surface area contributed by atoms with Crippen molar-refractivity contribution in [2.75, 3.05) is 36.6 Å². The van der Waals surface area contributed by atoms with Crippen molar-refractivity contribution in [2.24, 2.45) is 11.8 Å². The standard InChI is InChI=1S/C26H30N6/c1-17-11-19(14-27-13-17)26-22-8-4-6-10-24(22)32(30-26)31-15-18(2)12-20(16-31)25-21-7-3-5-9-23(21)28-29-25/h3-12,17-18,25,27-29H,13-16H2,1-2H3/t17-,18+,25?/m0/s1. The van der Waals surface area contributed by atoms with Gasteiger partial charge in [-0.1, -0.05) is 62.4 Å². The van der Waals surface area contributed by atoms with Crippen molar-refractivity contribution in [3.63, 3.8) is 0 Å². The van der Waals surface area contributed by atoms with E-state index < -0.39 is 0 Å². The molecule has 3 aliphatic heterocycles. The summed E-state index contributed by atoms with van der Waals surface area (Å²) in [5.74, 6) is 0.962. The SMILES string of the molecule is C[C@@H]1C=C(C2NNc3ccccc32)CN(n2nc(C3=C[C@H](C)CNC3)c3ccccc32)C1. The van der Waals surface area contributed by atoms with Crippen LogP contribution < -0.4 is 21.2 Å². The van der Waals surface area contributed by atoms with Gasteiger partial charge in [-0.25, -0.2) is 5.43 Å². The van der Waals surface area contributed by atoms with Crippen molar-refractivity contribution >= 4 is 22.2 Å². The average Bonchev–Trinajstić information content (AvgIpc) is 3.41. The van der Waals surface area contributed by atoms with Gasteiger partial charge in [-0.2, -0.15) is 9.89 Å². The minimum atomic E-state index is 0.184. The summed E-state index contributed by atoms with van der Waals surface area (Å²) >= 11 is 0. The Hall–Kier alpha value is -3.09. The molecular weight excluding hydrogens is 396 g/mol. The van der Waals surface area contributed by atoms with Crippen LogP contribution >= 0.6 is 0 Å². The van der Waals surface area contributed by atoms with E-state index >= 15 is 0 Å². The van der Waals surface area contributed by atoms with Crippen molar-refractivity contribution in [3.05, 3.63) is 77.5 Å². The number of para-hydroxylation sites is 2. The van der Waals surface area contributed by atoms with E-state index in [0.717, 1.165) is 31.9 Å². The molecule has 0 saturated heterocycles. The first kappa shape index (κ1) is 19.6. The van der Waals surface area contributed by atoms with Gasteiger partial charge >= 0.3 is 0 Å². The normalized spacial score (nSPS) is 25.3. The molecule has 3 N–H and O–H groups in total. The third kappa shape index (κ3) is 3.31. The van der Waals surface area contributed by atoms with Crippen LogP contribution in [0.15, 0.2) is 66.3 Å². The van der Waals surface area contributed by atoms with Crippen molar-refractivity contribution in [3.8, 4) is 0 Å². The van der Waals surface area contributed by atoms with E-state index in [4.69, 9.17) is 5.10 Å². The number of aromatic nitrogens is 2. The number of nitrogens with one attached hydrogen (secondary N) is 3. The zero-order valence-electron chi connectivity index (χ0n) is 18.7. The van der Waals surface area contributed by atoms with E-state index in [-0.39, 0.29) is 6.04 Å². The summed E-state index contributed by atoms with van der Waals surface area (Å²) in [6.45, 7) is 8.25. The molecule has 164 valence electrons. The summed E-state index contributed by atoms with van der Waals surface area (Å²) in [4.78, 5) is 2.16. The van der Waals surface area contributed by atoms with Crippen LogP contribution in [0.5, 0.6) is 0 Å². The molecule has 0 fully saturated rings. The van der Waals surface area contributed by atoms with E-state index in [1.54, 1.807) is 0 Å². The van der Waals surface area contributed by atoms with Gasteiger partial charge in [-0.05, 0) is 40.7 Å². The third-order valence-corrected chi connectivity index (χ3v) is 6.77. The molecule has 6 rings (SSSR count). The number of fused-ring (bicyclic) bond motifs is 2. The van der Waals surface area contributed by atoms with E-state index in [0.29, 0.717) is 11.8 Å². The molecule has 4 heterocycles. The fraction of sp³-hybridized carbons (Fsp3) is 0.346. The number of rotatable bonds is 3. The van der Waals surface area contributed by atoms with E-state index in [2.05, 4.69) is 100 Å². The second-order valence-electron chi connectivity index (χ2n) is 9.41. The fourth-order valence-corrected chi connectivity index (χ4v) is 5.36. The van der Waals surface area contributed by atoms with Crippen LogP contribution in [0.25, 0.3) is 16.5 Å². The Morgan fingerprint density at radius 3 is 2.72 bits per heavy atom. The van der Waals surface area contributed by atoms with Gasteiger partial charge in [-0.15, -0.1) is 0 Å². The van der Waals surface area contributed by atoms with Gasteiger partial charge < -0.3 is 10.7 Å². The van der Waals surface area contributed by atoms with Crippen molar-refractivity contribution in [1.29, 1.82) is 0 Å². The summed E-state index contributed by atoms with van der Waals surface area (Å²) in [6.07, 6.45) is 4.81. The summed E-state index contributed by atoms with van der Waals surface area (Å²) in [5, 5.41) is 12.3. The van der Waals surface area contributed by atoms with Gasteiger partial charge in [0.05, 0.1) is 29.5 Å². The number of benzene rings is 2. The molecule has 0 bridgehead atoms. The van der Waals surface area contributed by atoms with Crippen LogP contribution in [0, 0.1) is 11.8 Å². The van der Waals surface area contributed by atoms with Gasteiger partial charge in [0.2, 0.25) is 0 Å². The highest BCUT2D eigenvalue weighted by Gasteiger charge is 2.30. The zero-order chi connectivity index (χ0) is 21.7. The zero-order valence-corrected chi connectivity index (χ0v) is 18.7. The van der Waals surface area contributed by atoms with Gasteiger partial charge in [-0.3, -0.25) is 5.01 Å². The first-order valence-corrected chi connectivity index (χ1v) is 11.6. The lowest BCUT2D eigenvalue weighted by molar-refractivity contribution is 0.480. The second-order valence-corrected chi connectivity index (χ2v) is 9.41. The van der Waals surface area contributed by atoms with E-state index in [1.165, 1.54) is 33.3 Å². The first-order valence-electron chi connectivity index (χ1n) is 11.6. The molecule has 6 nitrogen and oxygen atoms in total. The van der Waals surface area contributed by atoms with Gasteiger partial charge in [0.1, 0.15) is 0 Å². The van der Waals surface area contributed by atoms with Crippen molar-refractivity contribution in [1.82, 2.24) is 20.6 Å². The molecule has 3 atom stereocenters. The lowest BCUT2D eigenvalue weighted by Gasteiger charge is -2.34. The Morgan fingerprint density at radius 2 is 1.81 bits per heavy atom. The topological polar surface area (TPSA) is 57.1 Å². The molecule has 0 spiro atoms. The third-order valence-electron chi connectivity index (χ3n) is 6.77. The number of nitrogens with zero attached hydrogens (tertiary/aromatic N) is 3. The average molecular weight is 427 g/mol. The largest absolute Gasteiger partial charge is 0.320 e. The number of anilines is 1. The highest BCUT2D eigenvalue weighted by atomic mass is 15.7. The molecule has 3 aliphatic rings. The number of hydrogen-bond donors (Lipinski definition) is 3. The number of hydrazine groups is 1. The lowest BCUT2D eigenvalue weighted by atomic mass is 9.93. The maximum atomic E-state index is 5.18. The quantitative estimate of drug-likeness (QED) is 0.556. The highest BCUT2D eigenvalue weighted by molar-refractivity contribution is 5.91. The van der Waals surface area contributed by atoms with Crippen LogP contribution in [0.1, 0.15) is 31.1 Å². The molecule has 0 saturated carbocycles. The molecule has 1 unspecified atom stereocenters. The monoisotopic (exact) mass is 426 g/mol. The van der Waals surface area contributed by atoms with Crippen LogP contribution in [0.4, 0.5) is 5.69 Å². The van der Waals surface area contributed by atoms with Gasteiger partial charge in [0, 0.05) is 25.0 Å². The van der Waals surface area contributed by atoms with Gasteiger partial charge in [0.25, 0.3) is 0 Å². The summed E-state index contributed by atoms with van der Waals surface area (Å²) in [6, 6.07) is 17.4. The molecule has 0 radical (unpaired) electrons. The Morgan fingerprint density at radius 1 is 0.969 bits per heavy atom. The summed E-state index contributed by atoms with van der Waals surface area (Å²) < 4.78 is 0. The molecule has 2 aromatic carbocycles. The Balaban J connectivity index is 1.38. The van der Waals surface area contributed by atoms with E-state index in [9.17, 15) is 0 Å². The van der Waals surface area contributed by atoms with Crippen LogP contribution in [-0.2, 0) is 0 Å². The van der Waals surface area contributed by atoms with E-state index in [1.807, 2.05) is 0 Å². The molecule has 6 heteroatoms. The Labute approximate surface area is 188 Å². The smallest absolute Gasteiger partial charge is 0.0992 e. The van der Waals surface area contributed by atoms with Crippen LogP contribution in [0.3, 0.4) is 0 Å². The first-order chi connectivity index (χ1) is 15.7.